The standard InChI is InChI=1S/C20H27N5O2.H2/c1-3-17-18(21-15-13-27-14-15)22-20(25-9-11-26-12-10-25)23-19(17)24(2)16-7-5-4-6-8-16;/h4-8,15H,3,9-14H2,1-2H3,(H,21,22,23);1H. The van der Waals surface area contributed by atoms with Gasteiger partial charge in [0.15, 0.2) is 0 Å². The van der Waals surface area contributed by atoms with E-state index in [1.54, 1.807) is 0 Å². The summed E-state index contributed by atoms with van der Waals surface area (Å²) >= 11 is 0. The van der Waals surface area contributed by atoms with Crippen LogP contribution >= 0.6 is 0 Å². The van der Waals surface area contributed by atoms with Gasteiger partial charge >= 0.3 is 0 Å². The zero-order chi connectivity index (χ0) is 18.6. The lowest BCUT2D eigenvalue weighted by atomic mass is 10.1. The zero-order valence-electron chi connectivity index (χ0n) is 16.0. The molecule has 1 aromatic carbocycles. The first kappa shape index (κ1) is 18.0. The Morgan fingerprint density at radius 2 is 1.89 bits per heavy atom. The monoisotopic (exact) mass is 371 g/mol. The molecule has 0 bridgehead atoms. The Labute approximate surface area is 161 Å². The molecule has 0 radical (unpaired) electrons. The molecule has 0 spiro atoms. The van der Waals surface area contributed by atoms with Crippen LogP contribution in [0.25, 0.3) is 0 Å². The number of benzene rings is 1. The number of aromatic nitrogens is 2. The largest absolute Gasteiger partial charge is 0.378 e. The molecule has 0 saturated carbocycles. The van der Waals surface area contributed by atoms with E-state index < -0.39 is 0 Å². The van der Waals surface area contributed by atoms with Crippen molar-refractivity contribution in [3.8, 4) is 0 Å². The lowest BCUT2D eigenvalue weighted by Crippen LogP contribution is -2.41. The molecule has 2 fully saturated rings. The summed E-state index contributed by atoms with van der Waals surface area (Å²) < 4.78 is 10.8. The molecule has 2 aliphatic rings. The average molecular weight is 371 g/mol. The van der Waals surface area contributed by atoms with Crippen molar-refractivity contribution in [2.45, 2.75) is 19.4 Å². The molecule has 27 heavy (non-hydrogen) atoms. The molecule has 0 unspecified atom stereocenters. The van der Waals surface area contributed by atoms with E-state index in [1.165, 1.54) is 0 Å². The third-order valence-electron chi connectivity index (χ3n) is 5.06. The number of anilines is 4. The minimum Gasteiger partial charge on any atom is -0.378 e. The van der Waals surface area contributed by atoms with Gasteiger partial charge in [0.05, 0.1) is 32.5 Å². The molecule has 0 amide bonds. The van der Waals surface area contributed by atoms with E-state index in [9.17, 15) is 0 Å². The van der Waals surface area contributed by atoms with Crippen LogP contribution in [0.1, 0.15) is 13.9 Å². The number of nitrogens with zero attached hydrogens (tertiary/aromatic N) is 4. The minimum absolute atomic E-state index is 0. The third kappa shape index (κ3) is 3.84. The fraction of sp³-hybridized carbons (Fsp3) is 0.500. The number of nitrogens with one attached hydrogen (secondary N) is 1. The van der Waals surface area contributed by atoms with Crippen LogP contribution in [0.5, 0.6) is 0 Å². The van der Waals surface area contributed by atoms with Crippen LogP contribution < -0.4 is 15.1 Å². The van der Waals surface area contributed by atoms with Crippen LogP contribution in [0.4, 0.5) is 23.3 Å². The van der Waals surface area contributed by atoms with E-state index in [1.807, 2.05) is 18.2 Å². The van der Waals surface area contributed by atoms with Gasteiger partial charge in [-0.1, -0.05) is 25.1 Å². The molecule has 3 heterocycles. The Morgan fingerprint density at radius 1 is 1.15 bits per heavy atom. The summed E-state index contributed by atoms with van der Waals surface area (Å²) in [7, 11) is 2.07. The van der Waals surface area contributed by atoms with Gasteiger partial charge in [-0.15, -0.1) is 0 Å². The van der Waals surface area contributed by atoms with Gasteiger partial charge in [-0.2, -0.15) is 9.97 Å². The van der Waals surface area contributed by atoms with Crippen molar-refractivity contribution in [1.82, 2.24) is 9.97 Å². The second-order valence-electron chi connectivity index (χ2n) is 6.90. The smallest absolute Gasteiger partial charge is 0.229 e. The Bertz CT molecular complexity index is 767. The fourth-order valence-electron chi connectivity index (χ4n) is 3.37. The summed E-state index contributed by atoms with van der Waals surface area (Å²) in [5, 5.41) is 3.56. The fourth-order valence-corrected chi connectivity index (χ4v) is 3.37. The first-order valence-electron chi connectivity index (χ1n) is 9.63. The second kappa shape index (κ2) is 8.10. The Kier molecular flexibility index (Phi) is 5.40. The van der Waals surface area contributed by atoms with Crippen molar-refractivity contribution in [2.24, 2.45) is 0 Å². The third-order valence-corrected chi connectivity index (χ3v) is 5.06. The van der Waals surface area contributed by atoms with Crippen molar-refractivity contribution in [2.75, 3.05) is 61.7 Å². The average Bonchev–Trinajstić information content (AvgIpc) is 2.70. The van der Waals surface area contributed by atoms with E-state index >= 15 is 0 Å². The van der Waals surface area contributed by atoms with E-state index in [-0.39, 0.29) is 1.43 Å². The predicted molar refractivity (Wildman–Crippen MR) is 109 cm³/mol. The highest BCUT2D eigenvalue weighted by molar-refractivity contribution is 5.69. The van der Waals surface area contributed by atoms with E-state index in [2.05, 4.69) is 41.2 Å². The van der Waals surface area contributed by atoms with Gasteiger partial charge in [0.2, 0.25) is 5.95 Å². The summed E-state index contributed by atoms with van der Waals surface area (Å²) in [6.07, 6.45) is 0.853. The predicted octanol–water partition coefficient (Wildman–Crippen LogP) is 2.70. The van der Waals surface area contributed by atoms with Gasteiger partial charge in [-0.3, -0.25) is 0 Å². The van der Waals surface area contributed by atoms with Gasteiger partial charge in [0, 0.05) is 32.8 Å². The van der Waals surface area contributed by atoms with Gasteiger partial charge in [-0.05, 0) is 18.6 Å². The molecule has 2 saturated heterocycles. The lowest BCUT2D eigenvalue weighted by Gasteiger charge is -2.32. The van der Waals surface area contributed by atoms with Gasteiger partial charge in [0.25, 0.3) is 0 Å². The van der Waals surface area contributed by atoms with Crippen molar-refractivity contribution in [3.05, 3.63) is 35.9 Å². The number of rotatable bonds is 6. The lowest BCUT2D eigenvalue weighted by molar-refractivity contribution is 0.0209. The molecule has 4 rings (SSSR count). The van der Waals surface area contributed by atoms with E-state index in [0.29, 0.717) is 19.3 Å². The zero-order valence-corrected chi connectivity index (χ0v) is 16.0. The number of ether oxygens (including phenoxy) is 2. The summed E-state index contributed by atoms with van der Waals surface area (Å²) in [4.78, 5) is 14.2. The molecule has 2 aromatic rings. The van der Waals surface area contributed by atoms with Crippen LogP contribution in [0.2, 0.25) is 0 Å². The molecule has 2 aliphatic heterocycles. The molecule has 7 heteroatoms. The molecule has 0 atom stereocenters. The van der Waals surface area contributed by atoms with Crippen molar-refractivity contribution in [3.63, 3.8) is 0 Å². The highest BCUT2D eigenvalue weighted by Crippen LogP contribution is 2.32. The maximum atomic E-state index is 5.49. The molecular weight excluding hydrogens is 342 g/mol. The summed E-state index contributed by atoms with van der Waals surface area (Å²) in [6.45, 7) is 6.65. The van der Waals surface area contributed by atoms with Gasteiger partial charge < -0.3 is 24.6 Å². The van der Waals surface area contributed by atoms with Crippen molar-refractivity contribution in [1.29, 1.82) is 0 Å². The summed E-state index contributed by atoms with van der Waals surface area (Å²) in [5.74, 6) is 2.62. The summed E-state index contributed by atoms with van der Waals surface area (Å²) in [6, 6.07) is 10.6. The number of para-hydroxylation sites is 1. The van der Waals surface area contributed by atoms with Crippen LogP contribution in [-0.4, -0.2) is 62.6 Å². The number of morpholine rings is 1. The normalized spacial score (nSPS) is 17.5. The van der Waals surface area contributed by atoms with Crippen LogP contribution in [0.15, 0.2) is 30.3 Å². The highest BCUT2D eigenvalue weighted by atomic mass is 16.5. The molecule has 1 N–H and O–H groups in total. The first-order chi connectivity index (χ1) is 13.3. The molecule has 1 aromatic heterocycles. The van der Waals surface area contributed by atoms with E-state index in [0.717, 1.165) is 61.6 Å². The Hall–Kier alpha value is -2.38. The quantitative estimate of drug-likeness (QED) is 0.838. The maximum absolute atomic E-state index is 5.49. The van der Waals surface area contributed by atoms with Crippen molar-refractivity contribution >= 4 is 23.3 Å². The second-order valence-corrected chi connectivity index (χ2v) is 6.90. The topological polar surface area (TPSA) is 62.8 Å². The maximum Gasteiger partial charge on any atom is 0.229 e. The Morgan fingerprint density at radius 3 is 2.52 bits per heavy atom. The SMILES string of the molecule is CCc1c(NC2COC2)nc(N2CCOCC2)nc1N(C)c1ccccc1.[HH]. The van der Waals surface area contributed by atoms with E-state index in [4.69, 9.17) is 19.4 Å². The molecular formula is C20H29N5O2. The molecule has 146 valence electrons. The van der Waals surface area contributed by atoms with Crippen LogP contribution in [0, 0.1) is 0 Å². The number of hydrogen-bond donors (Lipinski definition) is 1. The molecule has 7 nitrogen and oxygen atoms in total. The first-order valence-corrected chi connectivity index (χ1v) is 9.63. The van der Waals surface area contributed by atoms with Gasteiger partial charge in [0.1, 0.15) is 11.6 Å². The number of hydrogen-bond acceptors (Lipinski definition) is 7. The summed E-state index contributed by atoms with van der Waals surface area (Å²) in [5.41, 5.74) is 2.24. The van der Waals surface area contributed by atoms with Crippen LogP contribution in [-0.2, 0) is 15.9 Å². The Balaban J connectivity index is 0.00000225. The van der Waals surface area contributed by atoms with Crippen LogP contribution in [0.3, 0.4) is 0 Å². The van der Waals surface area contributed by atoms with Gasteiger partial charge in [-0.25, -0.2) is 0 Å². The highest BCUT2D eigenvalue weighted by Gasteiger charge is 2.25. The van der Waals surface area contributed by atoms with Crippen molar-refractivity contribution < 1.29 is 10.9 Å². The minimum atomic E-state index is 0. The molecule has 0 aliphatic carbocycles.